The molecule has 0 unspecified atom stereocenters. The minimum absolute atomic E-state index is 0.0666. The van der Waals surface area contributed by atoms with Gasteiger partial charge in [-0.3, -0.25) is 9.39 Å². The van der Waals surface area contributed by atoms with E-state index in [1.54, 1.807) is 32.9 Å². The number of nitrogens with one attached hydrogen (secondary N) is 1. The number of amides is 1. The molecule has 0 spiro atoms. The summed E-state index contributed by atoms with van der Waals surface area (Å²) in [4.78, 5) is 14.9. The van der Waals surface area contributed by atoms with Gasteiger partial charge in [-0.15, -0.1) is 0 Å². The van der Waals surface area contributed by atoms with E-state index >= 15 is 0 Å². The molecule has 120 valence electrons. The van der Waals surface area contributed by atoms with Crippen LogP contribution in [0.3, 0.4) is 0 Å². The number of ether oxygens (including phenoxy) is 1. The molecule has 0 saturated carbocycles. The molecule has 0 saturated heterocycles. The van der Waals surface area contributed by atoms with Gasteiger partial charge in [-0.25, -0.2) is 4.79 Å². The van der Waals surface area contributed by atoms with Crippen LogP contribution in [0.25, 0.3) is 0 Å². The van der Waals surface area contributed by atoms with Crippen molar-refractivity contribution in [3.63, 3.8) is 0 Å². The predicted octanol–water partition coefficient (Wildman–Crippen LogP) is 2.31. The van der Waals surface area contributed by atoms with Crippen molar-refractivity contribution in [3.8, 4) is 0 Å². The highest BCUT2D eigenvalue weighted by molar-refractivity contribution is 7.85. The first-order chi connectivity index (χ1) is 9.45. The van der Waals surface area contributed by atoms with Crippen LogP contribution < -0.4 is 5.48 Å². The molecular formula is C13H21NO6S. The Morgan fingerprint density at radius 2 is 1.67 bits per heavy atom. The SMILES string of the molecule is CONC(=O)OC(C)(C)C.Cc1ccc(S(=O)(=O)O)cc1. The van der Waals surface area contributed by atoms with Gasteiger partial charge in [0.15, 0.2) is 0 Å². The number of hydrogen-bond donors (Lipinski definition) is 2. The molecule has 0 radical (unpaired) electrons. The van der Waals surface area contributed by atoms with Gasteiger partial charge in [-0.05, 0) is 39.8 Å². The summed E-state index contributed by atoms with van der Waals surface area (Å²) in [5, 5.41) is 0. The van der Waals surface area contributed by atoms with Gasteiger partial charge in [0.05, 0.1) is 12.0 Å². The molecule has 0 bridgehead atoms. The van der Waals surface area contributed by atoms with E-state index in [-0.39, 0.29) is 4.90 Å². The summed E-state index contributed by atoms with van der Waals surface area (Å²) >= 11 is 0. The third-order valence-corrected chi connectivity index (χ3v) is 2.77. The average molecular weight is 319 g/mol. The molecule has 0 aliphatic heterocycles. The van der Waals surface area contributed by atoms with Crippen molar-refractivity contribution in [3.05, 3.63) is 29.8 Å². The summed E-state index contributed by atoms with van der Waals surface area (Å²) < 4.78 is 34.4. The van der Waals surface area contributed by atoms with Crippen LogP contribution in [0.5, 0.6) is 0 Å². The molecule has 21 heavy (non-hydrogen) atoms. The lowest BCUT2D eigenvalue weighted by molar-refractivity contribution is 0.00880. The fraction of sp³-hybridized carbons (Fsp3) is 0.462. The number of hydroxylamine groups is 1. The molecule has 8 heteroatoms. The summed E-state index contributed by atoms with van der Waals surface area (Å²) in [5.74, 6) is 0. The van der Waals surface area contributed by atoms with Crippen molar-refractivity contribution < 1.29 is 27.3 Å². The van der Waals surface area contributed by atoms with E-state index in [1.165, 1.54) is 19.2 Å². The van der Waals surface area contributed by atoms with E-state index in [4.69, 9.17) is 9.29 Å². The first kappa shape index (κ1) is 19.4. The van der Waals surface area contributed by atoms with Crippen LogP contribution in [0.2, 0.25) is 0 Å². The Labute approximate surface area is 125 Å². The first-order valence-corrected chi connectivity index (χ1v) is 7.46. The number of rotatable bonds is 2. The van der Waals surface area contributed by atoms with Gasteiger partial charge in [0, 0.05) is 0 Å². The van der Waals surface area contributed by atoms with Crippen molar-refractivity contribution in [2.75, 3.05) is 7.11 Å². The van der Waals surface area contributed by atoms with Crippen LogP contribution in [0.15, 0.2) is 29.2 Å². The molecule has 0 heterocycles. The van der Waals surface area contributed by atoms with Crippen LogP contribution >= 0.6 is 0 Å². The number of carbonyl (C=O) groups excluding carboxylic acids is 1. The summed E-state index contributed by atoms with van der Waals surface area (Å²) in [5.41, 5.74) is 2.53. The number of benzene rings is 1. The normalized spacial score (nSPS) is 11.1. The summed E-state index contributed by atoms with van der Waals surface area (Å²) in [6.45, 7) is 7.18. The molecular weight excluding hydrogens is 298 g/mol. The molecule has 7 nitrogen and oxygen atoms in total. The number of carbonyl (C=O) groups is 1. The monoisotopic (exact) mass is 319 g/mol. The number of hydrogen-bond acceptors (Lipinski definition) is 5. The second-order valence-electron chi connectivity index (χ2n) is 5.10. The van der Waals surface area contributed by atoms with Crippen LogP contribution in [-0.4, -0.2) is 31.8 Å². The van der Waals surface area contributed by atoms with E-state index in [2.05, 4.69) is 4.84 Å². The minimum atomic E-state index is -4.02. The molecule has 0 fully saturated rings. The van der Waals surface area contributed by atoms with Gasteiger partial charge in [0.25, 0.3) is 10.1 Å². The second-order valence-corrected chi connectivity index (χ2v) is 6.52. The van der Waals surface area contributed by atoms with Crippen LogP contribution in [-0.2, 0) is 19.7 Å². The van der Waals surface area contributed by atoms with Gasteiger partial charge in [0.1, 0.15) is 5.60 Å². The molecule has 1 aromatic carbocycles. The van der Waals surface area contributed by atoms with E-state index in [9.17, 15) is 13.2 Å². The van der Waals surface area contributed by atoms with E-state index in [0.717, 1.165) is 5.56 Å². The van der Waals surface area contributed by atoms with E-state index in [0.29, 0.717) is 0 Å². The Morgan fingerprint density at radius 3 is 2.00 bits per heavy atom. The lowest BCUT2D eigenvalue weighted by Gasteiger charge is -2.18. The Morgan fingerprint density at radius 1 is 1.19 bits per heavy atom. The van der Waals surface area contributed by atoms with Gasteiger partial charge in [-0.2, -0.15) is 13.9 Å². The summed E-state index contributed by atoms with van der Waals surface area (Å²) in [6, 6.07) is 5.99. The molecule has 1 aromatic rings. The zero-order valence-corrected chi connectivity index (χ0v) is 13.5. The zero-order valence-electron chi connectivity index (χ0n) is 12.7. The van der Waals surface area contributed by atoms with Crippen LogP contribution in [0, 0.1) is 6.92 Å². The molecule has 1 amide bonds. The topological polar surface area (TPSA) is 102 Å². The van der Waals surface area contributed by atoms with Crippen molar-refractivity contribution in [2.24, 2.45) is 0 Å². The Balaban J connectivity index is 0.000000384. The van der Waals surface area contributed by atoms with Gasteiger partial charge in [0.2, 0.25) is 0 Å². The fourth-order valence-electron chi connectivity index (χ4n) is 1.09. The van der Waals surface area contributed by atoms with E-state index in [1.807, 2.05) is 12.4 Å². The molecule has 0 aromatic heterocycles. The highest BCUT2D eigenvalue weighted by atomic mass is 32.2. The quantitative estimate of drug-likeness (QED) is 0.640. The molecule has 2 N–H and O–H groups in total. The van der Waals surface area contributed by atoms with Crippen molar-refractivity contribution in [1.82, 2.24) is 5.48 Å². The average Bonchev–Trinajstić information content (AvgIpc) is 2.26. The van der Waals surface area contributed by atoms with Crippen LogP contribution in [0.4, 0.5) is 4.79 Å². The lowest BCUT2D eigenvalue weighted by atomic mass is 10.2. The highest BCUT2D eigenvalue weighted by Crippen LogP contribution is 2.08. The van der Waals surface area contributed by atoms with Crippen molar-refractivity contribution in [1.29, 1.82) is 0 Å². The maximum atomic E-state index is 10.6. The molecule has 0 atom stereocenters. The first-order valence-electron chi connectivity index (χ1n) is 6.02. The minimum Gasteiger partial charge on any atom is -0.442 e. The van der Waals surface area contributed by atoms with Crippen LogP contribution in [0.1, 0.15) is 26.3 Å². The Kier molecular flexibility index (Phi) is 7.34. The van der Waals surface area contributed by atoms with Gasteiger partial charge < -0.3 is 4.74 Å². The zero-order chi connectivity index (χ0) is 16.7. The molecule has 1 rings (SSSR count). The Bertz CT molecular complexity index is 545. The maximum Gasteiger partial charge on any atom is 0.431 e. The van der Waals surface area contributed by atoms with Gasteiger partial charge >= 0.3 is 6.09 Å². The summed E-state index contributed by atoms with van der Waals surface area (Å²) in [6.07, 6.45) is -0.574. The largest absolute Gasteiger partial charge is 0.442 e. The number of aryl methyl sites for hydroxylation is 1. The molecule has 0 aliphatic carbocycles. The summed E-state index contributed by atoms with van der Waals surface area (Å²) in [7, 11) is -2.67. The smallest absolute Gasteiger partial charge is 0.431 e. The second kappa shape index (κ2) is 7.96. The van der Waals surface area contributed by atoms with Crippen molar-refractivity contribution >= 4 is 16.2 Å². The van der Waals surface area contributed by atoms with Gasteiger partial charge in [-0.1, -0.05) is 17.7 Å². The highest BCUT2D eigenvalue weighted by Gasteiger charge is 2.15. The Hall–Kier alpha value is -1.64. The standard InChI is InChI=1S/C7H8O3S.C6H13NO3/c1-6-2-4-7(5-3-6)11(8,9)10;1-6(2,3)10-5(8)7-9-4/h2-5H,1H3,(H,8,9,10);1-4H3,(H,7,8). The fourth-order valence-corrected chi connectivity index (χ4v) is 1.57. The maximum absolute atomic E-state index is 10.6. The van der Waals surface area contributed by atoms with Crippen molar-refractivity contribution in [2.45, 2.75) is 38.2 Å². The van der Waals surface area contributed by atoms with E-state index < -0.39 is 21.8 Å². The lowest BCUT2D eigenvalue weighted by Crippen LogP contribution is -2.31. The third kappa shape index (κ3) is 9.83. The third-order valence-electron chi connectivity index (χ3n) is 1.90. The predicted molar refractivity (Wildman–Crippen MR) is 77.4 cm³/mol. The molecule has 0 aliphatic rings.